The zero-order chi connectivity index (χ0) is 17.8. The number of primary amides is 1. The number of fused-ring (bicyclic) bond motifs is 1. The van der Waals surface area contributed by atoms with Crippen molar-refractivity contribution in [3.8, 4) is 5.75 Å². The molecule has 2 amide bonds. The first-order chi connectivity index (χ1) is 12.1. The number of anilines is 1. The van der Waals surface area contributed by atoms with Gasteiger partial charge in [0.1, 0.15) is 5.75 Å². The number of amides is 2. The summed E-state index contributed by atoms with van der Waals surface area (Å²) in [6.45, 7) is 0.600. The Morgan fingerprint density at radius 1 is 1.16 bits per heavy atom. The SMILES string of the molecule is COc1ccccc1NC(=O)CN1Cc2ccccc2C[C@@H]1C(N)=O. The summed E-state index contributed by atoms with van der Waals surface area (Å²) in [6, 6.07) is 14.6. The second-order valence-corrected chi connectivity index (χ2v) is 6.04. The second kappa shape index (κ2) is 7.36. The van der Waals surface area contributed by atoms with Crippen LogP contribution in [0, 0.1) is 0 Å². The number of hydrogen-bond acceptors (Lipinski definition) is 4. The van der Waals surface area contributed by atoms with E-state index >= 15 is 0 Å². The van der Waals surface area contributed by atoms with Crippen LogP contribution in [0.1, 0.15) is 11.1 Å². The van der Waals surface area contributed by atoms with Crippen molar-refractivity contribution >= 4 is 17.5 Å². The molecular formula is C19H21N3O3. The third kappa shape index (κ3) is 3.80. The van der Waals surface area contributed by atoms with Crippen LogP contribution >= 0.6 is 0 Å². The minimum absolute atomic E-state index is 0.0833. The van der Waals surface area contributed by atoms with Crippen molar-refractivity contribution in [2.24, 2.45) is 5.73 Å². The van der Waals surface area contributed by atoms with Crippen LogP contribution in [-0.4, -0.2) is 36.4 Å². The van der Waals surface area contributed by atoms with Crippen LogP contribution in [0.4, 0.5) is 5.69 Å². The molecule has 130 valence electrons. The molecule has 3 N–H and O–H groups in total. The van der Waals surface area contributed by atoms with Gasteiger partial charge in [-0.1, -0.05) is 36.4 Å². The van der Waals surface area contributed by atoms with Gasteiger partial charge in [-0.15, -0.1) is 0 Å². The van der Waals surface area contributed by atoms with E-state index in [-0.39, 0.29) is 12.5 Å². The van der Waals surface area contributed by atoms with Crippen LogP contribution in [0.3, 0.4) is 0 Å². The summed E-state index contributed by atoms with van der Waals surface area (Å²) >= 11 is 0. The zero-order valence-electron chi connectivity index (χ0n) is 14.1. The fraction of sp³-hybridized carbons (Fsp3) is 0.263. The van der Waals surface area contributed by atoms with Gasteiger partial charge in [-0.25, -0.2) is 0 Å². The average Bonchev–Trinajstić information content (AvgIpc) is 2.61. The molecule has 0 aliphatic carbocycles. The smallest absolute Gasteiger partial charge is 0.238 e. The number of methoxy groups -OCH3 is 1. The lowest BCUT2D eigenvalue weighted by atomic mass is 9.93. The summed E-state index contributed by atoms with van der Waals surface area (Å²) in [4.78, 5) is 26.1. The van der Waals surface area contributed by atoms with Crippen LogP contribution in [-0.2, 0) is 22.6 Å². The lowest BCUT2D eigenvalue weighted by Crippen LogP contribution is -2.50. The van der Waals surface area contributed by atoms with Crippen molar-refractivity contribution in [2.45, 2.75) is 19.0 Å². The summed E-state index contributed by atoms with van der Waals surface area (Å²) in [5.41, 5.74) is 8.38. The Morgan fingerprint density at radius 2 is 1.84 bits per heavy atom. The molecule has 1 heterocycles. The molecule has 6 heteroatoms. The highest BCUT2D eigenvalue weighted by Crippen LogP contribution is 2.25. The Balaban J connectivity index is 1.74. The maximum absolute atomic E-state index is 12.5. The van der Waals surface area contributed by atoms with E-state index < -0.39 is 11.9 Å². The van der Waals surface area contributed by atoms with Crippen LogP contribution < -0.4 is 15.8 Å². The molecule has 0 bridgehead atoms. The Labute approximate surface area is 146 Å². The zero-order valence-corrected chi connectivity index (χ0v) is 14.1. The van der Waals surface area contributed by atoms with Gasteiger partial charge >= 0.3 is 0 Å². The Kier molecular flexibility index (Phi) is 5.00. The average molecular weight is 339 g/mol. The van der Waals surface area contributed by atoms with E-state index in [0.717, 1.165) is 11.1 Å². The predicted molar refractivity (Wildman–Crippen MR) is 95.2 cm³/mol. The largest absolute Gasteiger partial charge is 0.495 e. The number of carbonyl (C=O) groups is 2. The predicted octanol–water partition coefficient (Wildman–Crippen LogP) is 1.55. The third-order valence-corrected chi connectivity index (χ3v) is 4.40. The molecule has 1 aliphatic heterocycles. The number of para-hydroxylation sites is 2. The summed E-state index contributed by atoms with van der Waals surface area (Å²) in [6.07, 6.45) is 0.521. The van der Waals surface area contributed by atoms with Gasteiger partial charge < -0.3 is 15.8 Å². The number of nitrogens with zero attached hydrogens (tertiary/aromatic N) is 1. The minimum Gasteiger partial charge on any atom is -0.495 e. The van der Waals surface area contributed by atoms with E-state index in [0.29, 0.717) is 24.4 Å². The van der Waals surface area contributed by atoms with Crippen molar-refractivity contribution in [3.63, 3.8) is 0 Å². The maximum Gasteiger partial charge on any atom is 0.238 e. The Bertz CT molecular complexity index is 791. The first-order valence-corrected chi connectivity index (χ1v) is 8.11. The second-order valence-electron chi connectivity index (χ2n) is 6.04. The highest BCUT2D eigenvalue weighted by atomic mass is 16.5. The molecule has 0 spiro atoms. The molecule has 0 radical (unpaired) electrons. The van der Waals surface area contributed by atoms with E-state index in [4.69, 9.17) is 10.5 Å². The van der Waals surface area contributed by atoms with E-state index in [1.165, 1.54) is 0 Å². The lowest BCUT2D eigenvalue weighted by molar-refractivity contribution is -0.125. The molecule has 0 aromatic heterocycles. The number of ether oxygens (including phenoxy) is 1. The summed E-state index contributed by atoms with van der Waals surface area (Å²) < 4.78 is 5.24. The molecule has 2 aromatic rings. The van der Waals surface area contributed by atoms with Gasteiger partial charge in [0.2, 0.25) is 11.8 Å². The maximum atomic E-state index is 12.5. The molecule has 2 aromatic carbocycles. The van der Waals surface area contributed by atoms with E-state index in [1.807, 2.05) is 41.3 Å². The number of benzene rings is 2. The molecule has 6 nitrogen and oxygen atoms in total. The molecule has 0 saturated carbocycles. The van der Waals surface area contributed by atoms with Gasteiger partial charge in [-0.3, -0.25) is 14.5 Å². The summed E-state index contributed by atoms with van der Waals surface area (Å²) in [7, 11) is 1.55. The molecule has 0 saturated heterocycles. The van der Waals surface area contributed by atoms with Crippen LogP contribution in [0.25, 0.3) is 0 Å². The van der Waals surface area contributed by atoms with Crippen LogP contribution in [0.15, 0.2) is 48.5 Å². The van der Waals surface area contributed by atoms with Gasteiger partial charge in [0.15, 0.2) is 0 Å². The van der Waals surface area contributed by atoms with Gasteiger partial charge in [-0.2, -0.15) is 0 Å². The number of nitrogens with two attached hydrogens (primary N) is 1. The molecule has 0 unspecified atom stereocenters. The van der Waals surface area contributed by atoms with Gasteiger partial charge in [0.25, 0.3) is 0 Å². The highest BCUT2D eigenvalue weighted by Gasteiger charge is 2.31. The van der Waals surface area contributed by atoms with E-state index in [1.54, 1.807) is 19.2 Å². The van der Waals surface area contributed by atoms with Gasteiger partial charge in [0, 0.05) is 6.54 Å². The molecular weight excluding hydrogens is 318 g/mol. The molecule has 1 atom stereocenters. The monoisotopic (exact) mass is 339 g/mol. The van der Waals surface area contributed by atoms with Crippen molar-refractivity contribution in [1.82, 2.24) is 4.90 Å². The number of nitrogens with one attached hydrogen (secondary N) is 1. The van der Waals surface area contributed by atoms with Crippen LogP contribution in [0.2, 0.25) is 0 Å². The first-order valence-electron chi connectivity index (χ1n) is 8.11. The molecule has 1 aliphatic rings. The quantitative estimate of drug-likeness (QED) is 0.865. The summed E-state index contributed by atoms with van der Waals surface area (Å²) in [5.74, 6) is -0.0407. The molecule has 0 fully saturated rings. The first kappa shape index (κ1) is 17.0. The fourth-order valence-electron chi connectivity index (χ4n) is 3.15. The molecule has 3 rings (SSSR count). The fourth-order valence-corrected chi connectivity index (χ4v) is 3.15. The normalized spacial score (nSPS) is 16.8. The lowest BCUT2D eigenvalue weighted by Gasteiger charge is -2.34. The number of rotatable bonds is 5. The van der Waals surface area contributed by atoms with Crippen LogP contribution in [0.5, 0.6) is 5.75 Å². The van der Waals surface area contributed by atoms with Gasteiger partial charge in [0.05, 0.1) is 25.4 Å². The summed E-state index contributed by atoms with van der Waals surface area (Å²) in [5, 5.41) is 2.83. The van der Waals surface area contributed by atoms with E-state index in [2.05, 4.69) is 5.32 Å². The van der Waals surface area contributed by atoms with Crippen molar-refractivity contribution in [3.05, 3.63) is 59.7 Å². The topological polar surface area (TPSA) is 84.7 Å². The third-order valence-electron chi connectivity index (χ3n) is 4.40. The van der Waals surface area contributed by atoms with Gasteiger partial charge in [-0.05, 0) is 29.7 Å². The van der Waals surface area contributed by atoms with Crippen molar-refractivity contribution < 1.29 is 14.3 Å². The minimum atomic E-state index is -0.488. The Morgan fingerprint density at radius 3 is 2.56 bits per heavy atom. The van der Waals surface area contributed by atoms with Crippen molar-refractivity contribution in [1.29, 1.82) is 0 Å². The number of carbonyl (C=O) groups excluding carboxylic acids is 2. The van der Waals surface area contributed by atoms with Crippen molar-refractivity contribution in [2.75, 3.05) is 19.0 Å². The standard InChI is InChI=1S/C19H21N3O3/c1-25-17-9-5-4-8-15(17)21-18(23)12-22-11-14-7-3-2-6-13(14)10-16(22)19(20)24/h2-9,16H,10-12H2,1H3,(H2,20,24)(H,21,23)/t16-/m1/s1. The Hall–Kier alpha value is -2.86. The van der Waals surface area contributed by atoms with E-state index in [9.17, 15) is 9.59 Å². The number of hydrogen-bond donors (Lipinski definition) is 2. The molecule has 25 heavy (non-hydrogen) atoms. The highest BCUT2D eigenvalue weighted by molar-refractivity contribution is 5.94.